The summed E-state index contributed by atoms with van der Waals surface area (Å²) in [6.45, 7) is 4.76. The molecule has 1 aromatic heterocycles. The Balaban J connectivity index is 1.80. The fourth-order valence-corrected chi connectivity index (χ4v) is 1.74. The van der Waals surface area contributed by atoms with Crippen LogP contribution in [0.1, 0.15) is 23.2 Å². The second-order valence-corrected chi connectivity index (χ2v) is 4.06. The van der Waals surface area contributed by atoms with Gasteiger partial charge in [0.25, 0.3) is 5.91 Å². The van der Waals surface area contributed by atoms with Crippen LogP contribution in [0.3, 0.4) is 0 Å². The van der Waals surface area contributed by atoms with Crippen LogP contribution >= 0.6 is 0 Å². The summed E-state index contributed by atoms with van der Waals surface area (Å²) >= 11 is 0. The van der Waals surface area contributed by atoms with Crippen molar-refractivity contribution in [1.29, 1.82) is 0 Å². The highest BCUT2D eigenvalue weighted by atomic mass is 16.5. The van der Waals surface area contributed by atoms with Crippen molar-refractivity contribution in [3.63, 3.8) is 0 Å². The maximum Gasteiger partial charge on any atom is 0.287 e. The van der Waals surface area contributed by atoms with Crippen LogP contribution in [0.25, 0.3) is 0 Å². The van der Waals surface area contributed by atoms with Gasteiger partial charge >= 0.3 is 0 Å². The molecule has 5 heteroatoms. The molecule has 0 spiro atoms. The first-order valence-electron chi connectivity index (χ1n) is 5.97. The van der Waals surface area contributed by atoms with Gasteiger partial charge < -0.3 is 19.8 Å². The minimum absolute atomic E-state index is 0.169. The van der Waals surface area contributed by atoms with Crippen molar-refractivity contribution < 1.29 is 13.9 Å². The Hall–Kier alpha value is -1.33. The highest BCUT2D eigenvalue weighted by molar-refractivity contribution is 5.91. The Bertz CT molecular complexity index is 370. The molecule has 2 heterocycles. The van der Waals surface area contributed by atoms with E-state index in [2.05, 4.69) is 10.6 Å². The minimum atomic E-state index is -0.169. The number of hydrogen-bond donors (Lipinski definition) is 2. The van der Waals surface area contributed by atoms with Crippen LogP contribution in [0.4, 0.5) is 0 Å². The van der Waals surface area contributed by atoms with Gasteiger partial charge in [-0.15, -0.1) is 0 Å². The lowest BCUT2D eigenvalue weighted by molar-refractivity contribution is 0.0727. The van der Waals surface area contributed by atoms with Gasteiger partial charge in [0.05, 0.1) is 13.2 Å². The Labute approximate surface area is 101 Å². The van der Waals surface area contributed by atoms with Crippen molar-refractivity contribution in [2.75, 3.05) is 26.3 Å². The van der Waals surface area contributed by atoms with Crippen molar-refractivity contribution in [1.82, 2.24) is 10.6 Å². The molecule has 1 fully saturated rings. The van der Waals surface area contributed by atoms with Crippen LogP contribution in [0.2, 0.25) is 0 Å². The predicted octanol–water partition coefficient (Wildman–Crippen LogP) is 0.560. The van der Waals surface area contributed by atoms with Crippen molar-refractivity contribution in [3.8, 4) is 0 Å². The first-order chi connectivity index (χ1) is 8.29. The predicted molar refractivity (Wildman–Crippen MR) is 63.0 cm³/mol. The number of hydrogen-bond acceptors (Lipinski definition) is 4. The number of furan rings is 1. The van der Waals surface area contributed by atoms with Gasteiger partial charge in [-0.2, -0.15) is 0 Å². The maximum atomic E-state index is 11.7. The van der Waals surface area contributed by atoms with E-state index >= 15 is 0 Å². The summed E-state index contributed by atoms with van der Waals surface area (Å²) < 4.78 is 10.7. The lowest BCUT2D eigenvalue weighted by Crippen LogP contribution is -2.48. The topological polar surface area (TPSA) is 63.5 Å². The lowest BCUT2D eigenvalue weighted by Gasteiger charge is -2.23. The fraction of sp³-hybridized carbons (Fsp3) is 0.583. The standard InChI is InChI=1S/C12H18N2O3/c1-2-10-3-4-11(17-10)12(15)14-7-9-8-16-6-5-13-9/h3-4,9,13H,2,5-8H2,1H3,(H,14,15). The maximum absolute atomic E-state index is 11.7. The third-order valence-electron chi connectivity index (χ3n) is 2.74. The summed E-state index contributed by atoms with van der Waals surface area (Å²) in [6.07, 6.45) is 0.797. The van der Waals surface area contributed by atoms with Crippen LogP contribution in [-0.4, -0.2) is 38.3 Å². The zero-order valence-electron chi connectivity index (χ0n) is 9.99. The summed E-state index contributed by atoms with van der Waals surface area (Å²) in [7, 11) is 0. The van der Waals surface area contributed by atoms with Gasteiger partial charge in [0.15, 0.2) is 5.76 Å². The summed E-state index contributed by atoms with van der Waals surface area (Å²) in [5.74, 6) is 1.03. The van der Waals surface area contributed by atoms with Gasteiger partial charge in [0.1, 0.15) is 5.76 Å². The molecule has 0 bridgehead atoms. The van der Waals surface area contributed by atoms with Gasteiger partial charge in [-0.1, -0.05) is 6.92 Å². The molecule has 1 aliphatic rings. The van der Waals surface area contributed by atoms with Crippen molar-refractivity contribution in [2.24, 2.45) is 0 Å². The van der Waals surface area contributed by atoms with Gasteiger partial charge in [-0.25, -0.2) is 0 Å². The molecular weight excluding hydrogens is 220 g/mol. The largest absolute Gasteiger partial charge is 0.456 e. The molecule has 1 amide bonds. The summed E-state index contributed by atoms with van der Waals surface area (Å²) in [5.41, 5.74) is 0. The molecule has 2 N–H and O–H groups in total. The summed E-state index contributed by atoms with van der Waals surface area (Å²) in [4.78, 5) is 11.7. The Morgan fingerprint density at radius 2 is 2.47 bits per heavy atom. The quantitative estimate of drug-likeness (QED) is 0.804. The second kappa shape index (κ2) is 5.84. The van der Waals surface area contributed by atoms with E-state index < -0.39 is 0 Å². The fourth-order valence-electron chi connectivity index (χ4n) is 1.74. The first-order valence-corrected chi connectivity index (χ1v) is 5.97. The smallest absolute Gasteiger partial charge is 0.287 e. The monoisotopic (exact) mass is 238 g/mol. The highest BCUT2D eigenvalue weighted by Crippen LogP contribution is 2.08. The molecule has 94 valence electrons. The number of nitrogens with one attached hydrogen (secondary N) is 2. The molecule has 0 aromatic carbocycles. The minimum Gasteiger partial charge on any atom is -0.456 e. The van der Waals surface area contributed by atoms with E-state index in [1.54, 1.807) is 6.07 Å². The molecule has 0 radical (unpaired) electrons. The van der Waals surface area contributed by atoms with Crippen molar-refractivity contribution >= 4 is 5.91 Å². The number of rotatable bonds is 4. The SMILES string of the molecule is CCc1ccc(C(=O)NCC2COCCN2)o1. The normalized spacial score (nSPS) is 20.2. The van der Waals surface area contributed by atoms with E-state index in [4.69, 9.17) is 9.15 Å². The van der Waals surface area contributed by atoms with Gasteiger partial charge in [-0.05, 0) is 12.1 Å². The van der Waals surface area contributed by atoms with E-state index in [0.29, 0.717) is 18.9 Å². The molecule has 1 unspecified atom stereocenters. The number of morpholine rings is 1. The zero-order chi connectivity index (χ0) is 12.1. The molecule has 1 atom stereocenters. The summed E-state index contributed by atoms with van der Waals surface area (Å²) in [5, 5.41) is 6.10. The van der Waals surface area contributed by atoms with Crippen LogP contribution in [0.15, 0.2) is 16.5 Å². The average Bonchev–Trinajstić information content (AvgIpc) is 2.86. The van der Waals surface area contributed by atoms with Crippen molar-refractivity contribution in [2.45, 2.75) is 19.4 Å². The molecule has 1 saturated heterocycles. The van der Waals surface area contributed by atoms with E-state index in [1.807, 2.05) is 13.0 Å². The molecule has 2 rings (SSSR count). The lowest BCUT2D eigenvalue weighted by atomic mass is 10.2. The van der Waals surface area contributed by atoms with Crippen LogP contribution in [0, 0.1) is 0 Å². The number of aryl methyl sites for hydroxylation is 1. The number of ether oxygens (including phenoxy) is 1. The average molecular weight is 238 g/mol. The molecule has 5 nitrogen and oxygen atoms in total. The van der Waals surface area contributed by atoms with Crippen LogP contribution in [0.5, 0.6) is 0 Å². The molecule has 17 heavy (non-hydrogen) atoms. The first kappa shape index (κ1) is 12.1. The third kappa shape index (κ3) is 3.31. The van der Waals surface area contributed by atoms with Gasteiger partial charge in [0.2, 0.25) is 0 Å². The van der Waals surface area contributed by atoms with Crippen LogP contribution in [-0.2, 0) is 11.2 Å². The zero-order valence-corrected chi connectivity index (χ0v) is 9.99. The molecule has 1 aromatic rings. The van der Waals surface area contributed by atoms with Gasteiger partial charge in [0, 0.05) is 25.6 Å². The Morgan fingerprint density at radius 1 is 1.59 bits per heavy atom. The number of carbonyl (C=O) groups is 1. The highest BCUT2D eigenvalue weighted by Gasteiger charge is 2.16. The molecule has 0 aliphatic carbocycles. The Morgan fingerprint density at radius 3 is 3.12 bits per heavy atom. The second-order valence-electron chi connectivity index (χ2n) is 4.06. The van der Waals surface area contributed by atoms with Crippen LogP contribution < -0.4 is 10.6 Å². The number of amides is 1. The molecule has 1 aliphatic heterocycles. The van der Waals surface area contributed by atoms with Crippen molar-refractivity contribution in [3.05, 3.63) is 23.7 Å². The van der Waals surface area contributed by atoms with E-state index in [1.165, 1.54) is 0 Å². The van der Waals surface area contributed by atoms with E-state index in [0.717, 1.165) is 25.3 Å². The van der Waals surface area contributed by atoms with E-state index in [9.17, 15) is 4.79 Å². The number of carbonyl (C=O) groups excluding carboxylic acids is 1. The Kier molecular flexibility index (Phi) is 4.17. The molecule has 0 saturated carbocycles. The summed E-state index contributed by atoms with van der Waals surface area (Å²) in [6, 6.07) is 3.73. The van der Waals surface area contributed by atoms with Gasteiger partial charge in [-0.3, -0.25) is 4.79 Å². The molecular formula is C12H18N2O3. The third-order valence-corrected chi connectivity index (χ3v) is 2.74. The van der Waals surface area contributed by atoms with E-state index in [-0.39, 0.29) is 11.9 Å².